The highest BCUT2D eigenvalue weighted by Crippen LogP contribution is 2.32. The minimum Gasteiger partial charge on any atom is -0.369 e. The number of carbonyl (C=O) groups is 2. The number of hydrogen-bond acceptors (Lipinski definition) is 2. The highest BCUT2D eigenvalue weighted by Gasteiger charge is 2.29. The summed E-state index contributed by atoms with van der Waals surface area (Å²) < 4.78 is 0. The van der Waals surface area contributed by atoms with Crippen molar-refractivity contribution in [2.45, 2.75) is 38.6 Å². The Labute approximate surface area is 130 Å². The van der Waals surface area contributed by atoms with Crippen LogP contribution in [-0.2, 0) is 11.2 Å². The number of likely N-dealkylation sites (tertiary alicyclic amines) is 1. The summed E-state index contributed by atoms with van der Waals surface area (Å²) in [7, 11) is 0. The fraction of sp³-hybridized carbons (Fsp3) is 0.529. The summed E-state index contributed by atoms with van der Waals surface area (Å²) in [4.78, 5) is 25.4. The van der Waals surface area contributed by atoms with Gasteiger partial charge < -0.3 is 16.0 Å². The third-order valence-electron chi connectivity index (χ3n) is 4.86. The summed E-state index contributed by atoms with van der Waals surface area (Å²) in [6.07, 6.45) is 3.32. The molecular weight excluding hydrogens is 278 g/mol. The smallest absolute Gasteiger partial charge is 0.317 e. The Bertz CT molecular complexity index is 592. The van der Waals surface area contributed by atoms with Crippen molar-refractivity contribution >= 4 is 11.9 Å². The van der Waals surface area contributed by atoms with Crippen LogP contribution in [0, 0.1) is 12.8 Å². The molecule has 22 heavy (non-hydrogen) atoms. The molecule has 3 rings (SSSR count). The Morgan fingerprint density at radius 2 is 1.95 bits per heavy atom. The quantitative estimate of drug-likeness (QED) is 0.875. The molecule has 0 unspecified atom stereocenters. The summed E-state index contributed by atoms with van der Waals surface area (Å²) >= 11 is 0. The average Bonchev–Trinajstić information content (AvgIpc) is 2.89. The molecule has 1 fully saturated rings. The molecule has 5 nitrogen and oxygen atoms in total. The fourth-order valence-corrected chi connectivity index (χ4v) is 3.50. The molecule has 3 N–H and O–H groups in total. The van der Waals surface area contributed by atoms with E-state index >= 15 is 0 Å². The van der Waals surface area contributed by atoms with Crippen molar-refractivity contribution in [3.05, 3.63) is 34.9 Å². The number of amides is 3. The highest BCUT2D eigenvalue weighted by atomic mass is 16.2. The van der Waals surface area contributed by atoms with Crippen molar-refractivity contribution in [1.82, 2.24) is 10.2 Å². The van der Waals surface area contributed by atoms with Gasteiger partial charge in [0.2, 0.25) is 5.91 Å². The molecule has 0 saturated carbocycles. The summed E-state index contributed by atoms with van der Waals surface area (Å²) in [5.74, 6) is -0.334. The van der Waals surface area contributed by atoms with Gasteiger partial charge in [0.15, 0.2) is 0 Å². The molecule has 3 amide bonds. The van der Waals surface area contributed by atoms with Gasteiger partial charge >= 0.3 is 6.03 Å². The van der Waals surface area contributed by atoms with Crippen molar-refractivity contribution in [3.63, 3.8) is 0 Å². The van der Waals surface area contributed by atoms with Crippen LogP contribution in [-0.4, -0.2) is 29.9 Å². The first-order chi connectivity index (χ1) is 10.5. The second kappa shape index (κ2) is 5.99. The number of piperidine rings is 1. The third kappa shape index (κ3) is 2.93. The zero-order valence-corrected chi connectivity index (χ0v) is 13.0. The van der Waals surface area contributed by atoms with Crippen molar-refractivity contribution in [1.29, 1.82) is 0 Å². The Balaban J connectivity index is 1.59. The number of nitrogens with zero attached hydrogens (tertiary/aromatic N) is 1. The number of carbonyl (C=O) groups excluding carboxylic acids is 2. The predicted molar refractivity (Wildman–Crippen MR) is 84.3 cm³/mol. The number of hydrogen-bond donors (Lipinski definition) is 2. The molecule has 0 spiro atoms. The van der Waals surface area contributed by atoms with Gasteiger partial charge in [0.05, 0.1) is 6.04 Å². The summed E-state index contributed by atoms with van der Waals surface area (Å²) in [5, 5.41) is 3.14. The largest absolute Gasteiger partial charge is 0.369 e. The van der Waals surface area contributed by atoms with Gasteiger partial charge in [0.25, 0.3) is 0 Å². The molecule has 0 radical (unpaired) electrons. The maximum atomic E-state index is 12.4. The number of primary amides is 1. The monoisotopic (exact) mass is 301 g/mol. The number of rotatable bonds is 2. The van der Waals surface area contributed by atoms with Gasteiger partial charge in [-0.3, -0.25) is 4.79 Å². The standard InChI is InChI=1S/C17H23N3O2/c1-11-2-4-14-13(10-11)3-5-15(14)19-17(22)20-8-6-12(7-9-20)16(18)21/h2,4,10,12,15H,3,5-9H2,1H3,(H2,18,21)(H,19,22)/t15-/m1/s1. The number of fused-ring (bicyclic) bond motifs is 1. The van der Waals surface area contributed by atoms with E-state index in [0.717, 1.165) is 12.8 Å². The molecule has 1 aliphatic carbocycles. The van der Waals surface area contributed by atoms with Crippen molar-refractivity contribution in [2.24, 2.45) is 11.7 Å². The number of nitrogens with one attached hydrogen (secondary N) is 1. The van der Waals surface area contributed by atoms with E-state index in [1.54, 1.807) is 4.90 Å². The van der Waals surface area contributed by atoms with Crippen molar-refractivity contribution in [3.8, 4) is 0 Å². The second-order valence-electron chi connectivity index (χ2n) is 6.41. The van der Waals surface area contributed by atoms with Crippen LogP contribution in [0.25, 0.3) is 0 Å². The van der Waals surface area contributed by atoms with E-state index in [1.165, 1.54) is 16.7 Å². The molecule has 1 atom stereocenters. The van der Waals surface area contributed by atoms with Crippen molar-refractivity contribution < 1.29 is 9.59 Å². The normalized spacial score (nSPS) is 21.5. The van der Waals surface area contributed by atoms with E-state index in [9.17, 15) is 9.59 Å². The predicted octanol–water partition coefficient (Wildman–Crippen LogP) is 1.89. The number of benzene rings is 1. The average molecular weight is 301 g/mol. The number of urea groups is 1. The maximum absolute atomic E-state index is 12.4. The Hall–Kier alpha value is -2.04. The van der Waals surface area contributed by atoms with Crippen LogP contribution in [0.4, 0.5) is 4.79 Å². The highest BCUT2D eigenvalue weighted by molar-refractivity contribution is 5.78. The lowest BCUT2D eigenvalue weighted by atomic mass is 9.96. The van der Waals surface area contributed by atoms with Gasteiger partial charge in [-0.2, -0.15) is 0 Å². The second-order valence-corrected chi connectivity index (χ2v) is 6.41. The third-order valence-corrected chi connectivity index (χ3v) is 4.86. The van der Waals surface area contributed by atoms with E-state index in [1.807, 2.05) is 0 Å². The van der Waals surface area contributed by atoms with Gasteiger partial charge in [0.1, 0.15) is 0 Å². The first kappa shape index (κ1) is 14.9. The van der Waals surface area contributed by atoms with Crippen LogP contribution < -0.4 is 11.1 Å². The number of nitrogens with two attached hydrogens (primary N) is 1. The van der Waals surface area contributed by atoms with E-state index in [2.05, 4.69) is 30.4 Å². The van der Waals surface area contributed by atoms with Gasteiger partial charge in [-0.15, -0.1) is 0 Å². The van der Waals surface area contributed by atoms with Gasteiger partial charge in [-0.05, 0) is 43.7 Å². The molecule has 0 aromatic heterocycles. The zero-order valence-electron chi connectivity index (χ0n) is 13.0. The maximum Gasteiger partial charge on any atom is 0.317 e. The molecule has 1 aliphatic heterocycles. The number of aryl methyl sites for hydroxylation is 2. The lowest BCUT2D eigenvalue weighted by Gasteiger charge is -2.31. The van der Waals surface area contributed by atoms with Crippen LogP contribution in [0.5, 0.6) is 0 Å². The van der Waals surface area contributed by atoms with Crippen LogP contribution in [0.2, 0.25) is 0 Å². The zero-order chi connectivity index (χ0) is 15.7. The van der Waals surface area contributed by atoms with Crippen LogP contribution >= 0.6 is 0 Å². The van der Waals surface area contributed by atoms with Crippen LogP contribution in [0.15, 0.2) is 18.2 Å². The molecule has 1 saturated heterocycles. The van der Waals surface area contributed by atoms with E-state index in [4.69, 9.17) is 5.73 Å². The molecule has 1 aromatic carbocycles. The lowest BCUT2D eigenvalue weighted by Crippen LogP contribution is -2.46. The minimum absolute atomic E-state index is 0.0265. The van der Waals surface area contributed by atoms with Gasteiger partial charge in [-0.25, -0.2) is 4.79 Å². The lowest BCUT2D eigenvalue weighted by molar-refractivity contribution is -0.123. The molecular formula is C17H23N3O2. The van der Waals surface area contributed by atoms with Crippen LogP contribution in [0.3, 0.4) is 0 Å². The van der Waals surface area contributed by atoms with Gasteiger partial charge in [0, 0.05) is 19.0 Å². The van der Waals surface area contributed by atoms with E-state index in [0.29, 0.717) is 25.9 Å². The van der Waals surface area contributed by atoms with Crippen LogP contribution in [0.1, 0.15) is 42.0 Å². The van der Waals surface area contributed by atoms with Crippen molar-refractivity contribution in [2.75, 3.05) is 13.1 Å². The SMILES string of the molecule is Cc1ccc2c(c1)CC[C@H]2NC(=O)N1CCC(C(N)=O)CC1. The summed E-state index contributed by atoms with van der Waals surface area (Å²) in [6, 6.07) is 6.52. The Morgan fingerprint density at radius 1 is 1.23 bits per heavy atom. The summed E-state index contributed by atoms with van der Waals surface area (Å²) in [6.45, 7) is 3.30. The molecule has 2 aliphatic rings. The topological polar surface area (TPSA) is 75.4 Å². The summed E-state index contributed by atoms with van der Waals surface area (Å²) in [5.41, 5.74) is 9.18. The van der Waals surface area contributed by atoms with Gasteiger partial charge in [-0.1, -0.05) is 23.8 Å². The molecule has 118 valence electrons. The minimum atomic E-state index is -0.250. The molecule has 5 heteroatoms. The van der Waals surface area contributed by atoms with E-state index < -0.39 is 0 Å². The Morgan fingerprint density at radius 3 is 2.64 bits per heavy atom. The fourth-order valence-electron chi connectivity index (χ4n) is 3.50. The first-order valence-electron chi connectivity index (χ1n) is 7.99. The Kier molecular flexibility index (Phi) is 4.05. The molecule has 1 heterocycles. The van der Waals surface area contributed by atoms with E-state index in [-0.39, 0.29) is 23.9 Å². The molecule has 1 aromatic rings. The molecule has 0 bridgehead atoms. The first-order valence-corrected chi connectivity index (χ1v) is 7.99.